The number of hydrogen-bond acceptors (Lipinski definition) is 2. The van der Waals surface area contributed by atoms with E-state index in [0.717, 1.165) is 32.1 Å². The van der Waals surface area contributed by atoms with Gasteiger partial charge in [0.15, 0.2) is 0 Å². The molecule has 0 aromatic heterocycles. The van der Waals surface area contributed by atoms with Crippen LogP contribution in [0.3, 0.4) is 0 Å². The van der Waals surface area contributed by atoms with E-state index < -0.39 is 0 Å². The van der Waals surface area contributed by atoms with Crippen molar-refractivity contribution in [2.75, 3.05) is 6.61 Å². The predicted molar refractivity (Wildman–Crippen MR) is 119 cm³/mol. The van der Waals surface area contributed by atoms with E-state index in [1.807, 2.05) is 6.92 Å². The van der Waals surface area contributed by atoms with Gasteiger partial charge in [-0.15, -0.1) is 0 Å². The average Bonchev–Trinajstić information content (AvgIpc) is 2.72. The highest BCUT2D eigenvalue weighted by molar-refractivity contribution is 5.77. The third-order valence-electron chi connectivity index (χ3n) is 6.03. The summed E-state index contributed by atoms with van der Waals surface area (Å²) in [6.07, 6.45) is 31.1. The van der Waals surface area contributed by atoms with Gasteiger partial charge in [-0.05, 0) is 46.0 Å². The Morgan fingerprint density at radius 3 is 2.18 bits per heavy atom. The second-order valence-corrected chi connectivity index (χ2v) is 8.09. The molecule has 2 heteroatoms. The minimum Gasteiger partial charge on any atom is -0.466 e. The number of rotatable bonds is 9. The zero-order chi connectivity index (χ0) is 20.5. The monoisotopic (exact) mass is 380 g/mol. The van der Waals surface area contributed by atoms with E-state index in [4.69, 9.17) is 4.74 Å². The van der Waals surface area contributed by atoms with E-state index in [2.05, 4.69) is 93.7 Å². The van der Waals surface area contributed by atoms with Crippen LogP contribution in [0.1, 0.15) is 59.8 Å². The fraction of sp³-hybridized carbons (Fsp3) is 0.500. The van der Waals surface area contributed by atoms with E-state index >= 15 is 0 Å². The Morgan fingerprint density at radius 2 is 1.61 bits per heavy atom. The second-order valence-electron chi connectivity index (χ2n) is 8.09. The molecule has 0 fully saturated rings. The molecule has 2 aliphatic carbocycles. The number of allylic oxidation sites excluding steroid dienone is 12. The molecule has 2 aliphatic rings. The summed E-state index contributed by atoms with van der Waals surface area (Å²) in [5.41, 5.74) is -0.450. The van der Waals surface area contributed by atoms with Crippen molar-refractivity contribution in [3.05, 3.63) is 72.9 Å². The van der Waals surface area contributed by atoms with Crippen molar-refractivity contribution in [2.45, 2.75) is 59.8 Å². The summed E-state index contributed by atoms with van der Waals surface area (Å²) in [6, 6.07) is 0. The maximum Gasteiger partial charge on any atom is 0.312 e. The third kappa shape index (κ3) is 5.47. The molecule has 0 aromatic carbocycles. The maximum atomic E-state index is 12.3. The fourth-order valence-corrected chi connectivity index (χ4v) is 3.77. The lowest BCUT2D eigenvalue weighted by atomic mass is 9.74. The SMILES string of the molecule is CCOC(=O)C(CC)(CC)C/C=C\C/C=C\C1(C)C=CC2(C=CCC=C2)C=C1. The van der Waals surface area contributed by atoms with Crippen LogP contribution in [-0.2, 0) is 9.53 Å². The van der Waals surface area contributed by atoms with Gasteiger partial charge in [0.1, 0.15) is 0 Å². The zero-order valence-corrected chi connectivity index (χ0v) is 18.0. The molecule has 0 radical (unpaired) electrons. The molecule has 0 bridgehead atoms. The van der Waals surface area contributed by atoms with Crippen LogP contribution < -0.4 is 0 Å². The van der Waals surface area contributed by atoms with E-state index in [1.165, 1.54) is 0 Å². The van der Waals surface area contributed by atoms with Crippen molar-refractivity contribution in [1.82, 2.24) is 0 Å². The van der Waals surface area contributed by atoms with E-state index in [-0.39, 0.29) is 22.2 Å². The van der Waals surface area contributed by atoms with E-state index in [9.17, 15) is 4.79 Å². The Balaban J connectivity index is 1.89. The highest BCUT2D eigenvalue weighted by Crippen LogP contribution is 2.38. The Bertz CT molecular complexity index is 668. The highest BCUT2D eigenvalue weighted by atomic mass is 16.5. The predicted octanol–water partition coefficient (Wildman–Crippen LogP) is 6.88. The summed E-state index contributed by atoms with van der Waals surface area (Å²) in [4.78, 5) is 12.3. The molecule has 1 spiro atoms. The van der Waals surface area contributed by atoms with Crippen LogP contribution in [0.2, 0.25) is 0 Å². The molecule has 0 heterocycles. The summed E-state index contributed by atoms with van der Waals surface area (Å²) in [7, 11) is 0. The maximum absolute atomic E-state index is 12.3. The quantitative estimate of drug-likeness (QED) is 0.322. The summed E-state index contributed by atoms with van der Waals surface area (Å²) in [5, 5.41) is 0. The first-order valence-corrected chi connectivity index (χ1v) is 10.7. The molecular weight excluding hydrogens is 344 g/mol. The second kappa shape index (κ2) is 9.91. The van der Waals surface area contributed by atoms with Gasteiger partial charge in [0.05, 0.1) is 12.0 Å². The van der Waals surface area contributed by atoms with Gasteiger partial charge in [0.2, 0.25) is 0 Å². The molecule has 2 nitrogen and oxygen atoms in total. The van der Waals surface area contributed by atoms with Gasteiger partial charge in [0.25, 0.3) is 0 Å². The van der Waals surface area contributed by atoms with Crippen LogP contribution in [0, 0.1) is 16.2 Å². The first-order valence-electron chi connectivity index (χ1n) is 10.7. The standard InChI is InChI=1S/C26H36O2/c1-5-26(6-2,23(27)28-7-3)18-14-9-8-11-15-24(4)19-21-25(22-20-24)16-12-10-13-17-25/h9,11-17,19-22H,5-8,10,18H2,1-4H3/b14-9-,15-11-. The molecule has 28 heavy (non-hydrogen) atoms. The molecule has 152 valence electrons. The Morgan fingerprint density at radius 1 is 0.964 bits per heavy atom. The number of carbonyl (C=O) groups is 1. The fourth-order valence-electron chi connectivity index (χ4n) is 3.77. The van der Waals surface area contributed by atoms with Gasteiger partial charge in [-0.2, -0.15) is 0 Å². The van der Waals surface area contributed by atoms with Crippen LogP contribution in [-0.4, -0.2) is 12.6 Å². The average molecular weight is 381 g/mol. The summed E-state index contributed by atoms with van der Waals surface area (Å²) < 4.78 is 5.30. The highest BCUT2D eigenvalue weighted by Gasteiger charge is 2.35. The van der Waals surface area contributed by atoms with Gasteiger partial charge in [-0.25, -0.2) is 0 Å². The number of ether oxygens (including phenoxy) is 1. The van der Waals surface area contributed by atoms with Crippen molar-refractivity contribution in [2.24, 2.45) is 16.2 Å². The van der Waals surface area contributed by atoms with Crippen molar-refractivity contribution in [3.63, 3.8) is 0 Å². The smallest absolute Gasteiger partial charge is 0.312 e. The molecule has 0 saturated heterocycles. The largest absolute Gasteiger partial charge is 0.466 e. The van der Waals surface area contributed by atoms with Gasteiger partial charge < -0.3 is 4.74 Å². The van der Waals surface area contributed by atoms with E-state index in [0.29, 0.717) is 6.61 Å². The summed E-state index contributed by atoms with van der Waals surface area (Å²) >= 11 is 0. The lowest BCUT2D eigenvalue weighted by molar-refractivity contribution is -0.155. The Labute approximate surface area is 171 Å². The van der Waals surface area contributed by atoms with Gasteiger partial charge >= 0.3 is 5.97 Å². The first-order chi connectivity index (χ1) is 13.4. The van der Waals surface area contributed by atoms with Crippen molar-refractivity contribution in [1.29, 1.82) is 0 Å². The minimum atomic E-state index is -0.383. The number of esters is 1. The normalized spacial score (nSPS) is 19.9. The van der Waals surface area contributed by atoms with Crippen molar-refractivity contribution >= 4 is 5.97 Å². The summed E-state index contributed by atoms with van der Waals surface area (Å²) in [5.74, 6) is -0.0649. The number of hydrogen-bond donors (Lipinski definition) is 0. The molecule has 2 rings (SSSR count). The molecule has 0 aliphatic heterocycles. The molecule has 0 atom stereocenters. The van der Waals surface area contributed by atoms with Crippen molar-refractivity contribution < 1.29 is 9.53 Å². The Kier molecular flexibility index (Phi) is 7.86. The van der Waals surface area contributed by atoms with Gasteiger partial charge in [0, 0.05) is 10.8 Å². The lowest BCUT2D eigenvalue weighted by Crippen LogP contribution is -2.31. The van der Waals surface area contributed by atoms with Crippen LogP contribution >= 0.6 is 0 Å². The third-order valence-corrected chi connectivity index (χ3v) is 6.03. The Hall–Kier alpha value is -2.09. The first kappa shape index (κ1) is 22.2. The van der Waals surface area contributed by atoms with Gasteiger partial charge in [-0.1, -0.05) is 86.8 Å². The van der Waals surface area contributed by atoms with Crippen LogP contribution in [0.25, 0.3) is 0 Å². The minimum absolute atomic E-state index is 0.0256. The number of carbonyl (C=O) groups excluding carboxylic acids is 1. The molecule has 0 amide bonds. The molecule has 0 saturated carbocycles. The van der Waals surface area contributed by atoms with Crippen LogP contribution in [0.15, 0.2) is 72.9 Å². The molecule has 0 aromatic rings. The zero-order valence-electron chi connectivity index (χ0n) is 18.0. The molecule has 0 N–H and O–H groups in total. The molecule has 0 unspecified atom stereocenters. The molecular formula is C26H36O2. The lowest BCUT2D eigenvalue weighted by Gasteiger charge is -2.30. The van der Waals surface area contributed by atoms with E-state index in [1.54, 1.807) is 0 Å². The van der Waals surface area contributed by atoms with Crippen LogP contribution in [0.5, 0.6) is 0 Å². The topological polar surface area (TPSA) is 26.3 Å². The van der Waals surface area contributed by atoms with Gasteiger partial charge in [-0.3, -0.25) is 4.79 Å². The van der Waals surface area contributed by atoms with Crippen molar-refractivity contribution in [3.8, 4) is 0 Å². The summed E-state index contributed by atoms with van der Waals surface area (Å²) in [6.45, 7) is 8.68. The van der Waals surface area contributed by atoms with Crippen LogP contribution in [0.4, 0.5) is 0 Å².